The SMILES string of the molecule is COc1ccc(OC)c(Nc2ncnc3sc(-c4ccccc4)c(C)c23)c1.Cl. The molecular weight excluding hydrogens is 394 g/mol. The normalized spacial score (nSPS) is 10.4. The van der Waals surface area contributed by atoms with Crippen LogP contribution in [0.3, 0.4) is 0 Å². The van der Waals surface area contributed by atoms with Gasteiger partial charge in [-0.2, -0.15) is 0 Å². The maximum Gasteiger partial charge on any atom is 0.142 e. The zero-order valence-corrected chi connectivity index (χ0v) is 17.4. The van der Waals surface area contributed by atoms with Gasteiger partial charge in [0.25, 0.3) is 0 Å². The number of aromatic nitrogens is 2. The predicted octanol–water partition coefficient (Wildman–Crippen LogP) is 5.85. The van der Waals surface area contributed by atoms with Crippen molar-refractivity contribution in [2.75, 3.05) is 19.5 Å². The molecule has 0 amide bonds. The molecule has 1 N–H and O–H groups in total. The van der Waals surface area contributed by atoms with Gasteiger partial charge in [-0.25, -0.2) is 9.97 Å². The molecule has 0 atom stereocenters. The zero-order chi connectivity index (χ0) is 18.8. The quantitative estimate of drug-likeness (QED) is 0.444. The topological polar surface area (TPSA) is 56.3 Å². The lowest BCUT2D eigenvalue weighted by atomic mass is 10.1. The standard InChI is InChI=1S/C21H19N3O2S.ClH/c1-13-18-20(24-16-11-15(25-2)9-10-17(16)26-3)22-12-23-21(18)27-19(13)14-7-5-4-6-8-14;/h4-12H,1-3H3,(H,22,23,24);1H. The minimum atomic E-state index is 0. The monoisotopic (exact) mass is 413 g/mol. The van der Waals surface area contributed by atoms with Crippen molar-refractivity contribution in [1.29, 1.82) is 0 Å². The van der Waals surface area contributed by atoms with Crippen molar-refractivity contribution < 1.29 is 9.47 Å². The summed E-state index contributed by atoms with van der Waals surface area (Å²) in [5.74, 6) is 2.22. The fourth-order valence-electron chi connectivity index (χ4n) is 3.07. The first-order chi connectivity index (χ1) is 13.2. The third-order valence-electron chi connectivity index (χ3n) is 4.42. The molecular formula is C21H20ClN3O2S. The Hall–Kier alpha value is -2.83. The first-order valence-corrected chi connectivity index (χ1v) is 9.31. The Morgan fingerprint density at radius 2 is 1.75 bits per heavy atom. The number of thiophene rings is 1. The van der Waals surface area contributed by atoms with E-state index < -0.39 is 0 Å². The summed E-state index contributed by atoms with van der Waals surface area (Å²) in [4.78, 5) is 11.1. The summed E-state index contributed by atoms with van der Waals surface area (Å²) in [6.07, 6.45) is 1.59. The third-order valence-corrected chi connectivity index (χ3v) is 5.67. The van der Waals surface area contributed by atoms with Crippen LogP contribution in [-0.2, 0) is 0 Å². The molecule has 28 heavy (non-hydrogen) atoms. The van der Waals surface area contributed by atoms with Crippen LogP contribution in [0, 0.1) is 6.92 Å². The molecule has 0 fully saturated rings. The number of aryl methyl sites for hydroxylation is 1. The molecule has 2 aromatic heterocycles. The van der Waals surface area contributed by atoms with E-state index in [1.807, 2.05) is 36.4 Å². The number of nitrogens with zero attached hydrogens (tertiary/aromatic N) is 2. The van der Waals surface area contributed by atoms with Crippen molar-refractivity contribution in [2.45, 2.75) is 6.92 Å². The Morgan fingerprint density at radius 3 is 2.46 bits per heavy atom. The van der Waals surface area contributed by atoms with Gasteiger partial charge in [0.1, 0.15) is 28.5 Å². The minimum Gasteiger partial charge on any atom is -0.497 e. The highest BCUT2D eigenvalue weighted by molar-refractivity contribution is 7.22. The molecule has 0 unspecified atom stereocenters. The molecule has 2 heterocycles. The maximum absolute atomic E-state index is 5.48. The highest BCUT2D eigenvalue weighted by Crippen LogP contribution is 2.41. The summed E-state index contributed by atoms with van der Waals surface area (Å²) in [5.41, 5.74) is 3.14. The number of halogens is 1. The number of ether oxygens (including phenoxy) is 2. The molecule has 0 aliphatic carbocycles. The van der Waals surface area contributed by atoms with Crippen molar-refractivity contribution >= 4 is 45.5 Å². The van der Waals surface area contributed by atoms with Gasteiger partial charge in [-0.15, -0.1) is 23.7 Å². The Bertz CT molecular complexity index is 1100. The van der Waals surface area contributed by atoms with Crippen LogP contribution in [0.2, 0.25) is 0 Å². The van der Waals surface area contributed by atoms with E-state index in [0.29, 0.717) is 0 Å². The first kappa shape index (κ1) is 19.9. The van der Waals surface area contributed by atoms with Gasteiger partial charge in [0.15, 0.2) is 0 Å². The summed E-state index contributed by atoms with van der Waals surface area (Å²) in [5, 5.41) is 4.42. The van der Waals surface area contributed by atoms with Gasteiger partial charge in [0.05, 0.1) is 25.3 Å². The van der Waals surface area contributed by atoms with Gasteiger partial charge in [0, 0.05) is 10.9 Å². The summed E-state index contributed by atoms with van der Waals surface area (Å²) in [7, 11) is 3.29. The maximum atomic E-state index is 5.48. The number of methoxy groups -OCH3 is 2. The number of anilines is 2. The van der Waals surface area contributed by atoms with Gasteiger partial charge in [-0.05, 0) is 30.2 Å². The van der Waals surface area contributed by atoms with Crippen LogP contribution >= 0.6 is 23.7 Å². The number of nitrogens with one attached hydrogen (secondary N) is 1. The van der Waals surface area contributed by atoms with E-state index in [2.05, 4.69) is 34.3 Å². The lowest BCUT2D eigenvalue weighted by Crippen LogP contribution is -1.99. The van der Waals surface area contributed by atoms with E-state index in [0.717, 1.165) is 38.8 Å². The van der Waals surface area contributed by atoms with Crippen molar-refractivity contribution in [3.63, 3.8) is 0 Å². The molecule has 2 aromatic carbocycles. The molecule has 0 bridgehead atoms. The second kappa shape index (κ2) is 8.46. The van der Waals surface area contributed by atoms with Crippen LogP contribution in [0.15, 0.2) is 54.9 Å². The average Bonchev–Trinajstić information content (AvgIpc) is 3.06. The van der Waals surface area contributed by atoms with Gasteiger partial charge >= 0.3 is 0 Å². The molecule has 4 rings (SSSR count). The smallest absolute Gasteiger partial charge is 0.142 e. The van der Waals surface area contributed by atoms with Crippen molar-refractivity contribution in [3.8, 4) is 21.9 Å². The van der Waals surface area contributed by atoms with Crippen molar-refractivity contribution in [3.05, 3.63) is 60.4 Å². The molecule has 0 aliphatic heterocycles. The largest absolute Gasteiger partial charge is 0.497 e. The van der Waals surface area contributed by atoms with E-state index in [9.17, 15) is 0 Å². The molecule has 0 saturated carbocycles. The predicted molar refractivity (Wildman–Crippen MR) is 118 cm³/mol. The Morgan fingerprint density at radius 1 is 0.964 bits per heavy atom. The van der Waals surface area contributed by atoms with Crippen LogP contribution in [0.4, 0.5) is 11.5 Å². The van der Waals surface area contributed by atoms with Gasteiger partial charge < -0.3 is 14.8 Å². The van der Waals surface area contributed by atoms with Crippen LogP contribution in [-0.4, -0.2) is 24.2 Å². The van der Waals surface area contributed by atoms with Crippen molar-refractivity contribution in [1.82, 2.24) is 9.97 Å². The Balaban J connectivity index is 0.00000225. The molecule has 144 valence electrons. The Labute approximate surface area is 173 Å². The summed E-state index contributed by atoms with van der Waals surface area (Å²) >= 11 is 1.67. The number of benzene rings is 2. The molecule has 7 heteroatoms. The molecule has 0 radical (unpaired) electrons. The molecule has 0 spiro atoms. The second-order valence-electron chi connectivity index (χ2n) is 6.02. The third kappa shape index (κ3) is 3.61. The van der Waals surface area contributed by atoms with E-state index in [-0.39, 0.29) is 12.4 Å². The fraction of sp³-hybridized carbons (Fsp3) is 0.143. The van der Waals surface area contributed by atoms with Crippen LogP contribution in [0.1, 0.15) is 5.56 Å². The summed E-state index contributed by atoms with van der Waals surface area (Å²) < 4.78 is 10.8. The zero-order valence-electron chi connectivity index (χ0n) is 15.7. The molecule has 4 aromatic rings. The van der Waals surface area contributed by atoms with Crippen LogP contribution in [0.25, 0.3) is 20.7 Å². The minimum absolute atomic E-state index is 0. The molecule has 0 saturated heterocycles. The average molecular weight is 414 g/mol. The van der Waals surface area contributed by atoms with E-state index in [4.69, 9.17) is 9.47 Å². The van der Waals surface area contributed by atoms with Crippen LogP contribution < -0.4 is 14.8 Å². The Kier molecular flexibility index (Phi) is 6.02. The second-order valence-corrected chi connectivity index (χ2v) is 7.01. The number of fused-ring (bicyclic) bond motifs is 1. The molecule has 0 aliphatic rings. The van der Waals surface area contributed by atoms with Gasteiger partial charge in [-0.1, -0.05) is 30.3 Å². The van der Waals surface area contributed by atoms with E-state index in [1.165, 1.54) is 10.4 Å². The van der Waals surface area contributed by atoms with Gasteiger partial charge in [0.2, 0.25) is 0 Å². The summed E-state index contributed by atoms with van der Waals surface area (Å²) in [6.45, 7) is 2.11. The summed E-state index contributed by atoms with van der Waals surface area (Å²) in [6, 6.07) is 16.0. The lowest BCUT2D eigenvalue weighted by Gasteiger charge is -2.13. The highest BCUT2D eigenvalue weighted by atomic mass is 35.5. The highest BCUT2D eigenvalue weighted by Gasteiger charge is 2.16. The first-order valence-electron chi connectivity index (χ1n) is 8.50. The number of hydrogen-bond acceptors (Lipinski definition) is 6. The fourth-order valence-corrected chi connectivity index (χ4v) is 4.22. The van der Waals surface area contributed by atoms with Crippen LogP contribution in [0.5, 0.6) is 11.5 Å². The molecule has 5 nitrogen and oxygen atoms in total. The number of hydrogen-bond donors (Lipinski definition) is 1. The van der Waals surface area contributed by atoms with E-state index in [1.54, 1.807) is 31.9 Å². The number of rotatable bonds is 5. The van der Waals surface area contributed by atoms with Gasteiger partial charge in [-0.3, -0.25) is 0 Å². The lowest BCUT2D eigenvalue weighted by molar-refractivity contribution is 0.405. The van der Waals surface area contributed by atoms with Crippen molar-refractivity contribution in [2.24, 2.45) is 0 Å². The van der Waals surface area contributed by atoms with E-state index >= 15 is 0 Å².